The first-order valence-electron chi connectivity index (χ1n) is 1.95. The van der Waals surface area contributed by atoms with E-state index in [4.69, 9.17) is 5.11 Å². The molecule has 0 amide bonds. The molecule has 7 heavy (non-hydrogen) atoms. The molecule has 2 nitrogen and oxygen atoms in total. The van der Waals surface area contributed by atoms with E-state index in [0.717, 1.165) is 0 Å². The summed E-state index contributed by atoms with van der Waals surface area (Å²) < 4.78 is 4.32. The van der Waals surface area contributed by atoms with Crippen LogP contribution < -0.4 is 0 Å². The van der Waals surface area contributed by atoms with Crippen LogP contribution in [0, 0.1) is 0 Å². The quantitative estimate of drug-likeness (QED) is 0.396. The summed E-state index contributed by atoms with van der Waals surface area (Å²) >= 11 is 0. The lowest BCUT2D eigenvalue weighted by Gasteiger charge is -1.87. The molecule has 0 aromatic rings. The highest BCUT2D eigenvalue weighted by molar-refractivity contribution is 4.80. The number of aliphatic hydroxyl groups excluding tert-OH is 1. The minimum absolute atomic E-state index is 0.178. The number of allylic oxidation sites excluding steroid dienone is 1. The molecule has 2 heteroatoms. The van der Waals surface area contributed by atoms with Gasteiger partial charge in [0.1, 0.15) is 0 Å². The number of aliphatic hydroxyl groups is 1. The van der Waals surface area contributed by atoms with E-state index in [1.54, 1.807) is 13.0 Å². The smallest absolute Gasteiger partial charge is 0.324 e. The van der Waals surface area contributed by atoms with Crippen molar-refractivity contribution in [3.8, 4) is 0 Å². The molecule has 0 atom stereocenters. The Labute approximate surface area is 42.7 Å². The Morgan fingerprint density at radius 2 is 2.43 bits per heavy atom. The monoisotopic (exact) mass is 100 g/mol. The van der Waals surface area contributed by atoms with Crippen LogP contribution in [0.3, 0.4) is 0 Å². The van der Waals surface area contributed by atoms with Gasteiger partial charge in [-0.05, 0) is 18.7 Å². The van der Waals surface area contributed by atoms with Crippen LogP contribution in [0.25, 0.3) is 0 Å². The van der Waals surface area contributed by atoms with Crippen LogP contribution in [0.2, 0.25) is 0 Å². The molecule has 0 radical (unpaired) electrons. The summed E-state index contributed by atoms with van der Waals surface area (Å²) in [5.41, 5.74) is 2.42. The number of methoxy groups -OCH3 is 1. The van der Waals surface area contributed by atoms with Crippen molar-refractivity contribution in [2.75, 3.05) is 7.11 Å². The van der Waals surface area contributed by atoms with Gasteiger partial charge in [0.15, 0.2) is 0 Å². The molecule has 0 spiro atoms. The highest BCUT2D eigenvalue weighted by Gasteiger charge is 1.75. The Kier molecular flexibility index (Phi) is 2.90. The van der Waals surface area contributed by atoms with Crippen molar-refractivity contribution in [1.82, 2.24) is 0 Å². The standard InChI is InChI=1S/C5H8O2/c1-3-4-5(6)7-2/h3,6H,1-2H3. The van der Waals surface area contributed by atoms with Crippen molar-refractivity contribution < 1.29 is 9.84 Å². The van der Waals surface area contributed by atoms with Crippen LogP contribution in [0.1, 0.15) is 6.92 Å². The highest BCUT2D eigenvalue weighted by Crippen LogP contribution is 1.80. The van der Waals surface area contributed by atoms with Crippen molar-refractivity contribution in [3.63, 3.8) is 0 Å². The predicted octanol–water partition coefficient (Wildman–Crippen LogP) is 1.21. The van der Waals surface area contributed by atoms with E-state index in [1.807, 2.05) is 0 Å². The Morgan fingerprint density at radius 1 is 1.86 bits per heavy atom. The van der Waals surface area contributed by atoms with E-state index in [-0.39, 0.29) is 5.95 Å². The van der Waals surface area contributed by atoms with E-state index in [0.29, 0.717) is 0 Å². The summed E-state index contributed by atoms with van der Waals surface area (Å²) in [6.45, 7) is 1.75. The topological polar surface area (TPSA) is 29.5 Å². The third kappa shape index (κ3) is 2.94. The van der Waals surface area contributed by atoms with Crippen LogP contribution in [-0.2, 0) is 4.74 Å². The fourth-order valence-corrected chi connectivity index (χ4v) is 0.182. The SMILES string of the molecule is CC=C=C(O)OC. The summed E-state index contributed by atoms with van der Waals surface area (Å²) in [4.78, 5) is 0. The van der Waals surface area contributed by atoms with Crippen LogP contribution in [-0.4, -0.2) is 12.2 Å². The second-order valence-corrected chi connectivity index (χ2v) is 0.942. The molecular weight excluding hydrogens is 92.1 g/mol. The van der Waals surface area contributed by atoms with Gasteiger partial charge < -0.3 is 9.84 Å². The second-order valence-electron chi connectivity index (χ2n) is 0.942. The van der Waals surface area contributed by atoms with Crippen molar-refractivity contribution in [1.29, 1.82) is 0 Å². The Balaban J connectivity index is 3.74. The molecule has 0 aliphatic heterocycles. The zero-order valence-electron chi connectivity index (χ0n) is 4.43. The summed E-state index contributed by atoms with van der Waals surface area (Å²) in [5.74, 6) is -0.178. The van der Waals surface area contributed by atoms with Gasteiger partial charge >= 0.3 is 5.95 Å². The number of hydrogen-bond acceptors (Lipinski definition) is 2. The molecule has 0 aliphatic rings. The third-order valence-corrected chi connectivity index (χ3v) is 0.461. The summed E-state index contributed by atoms with van der Waals surface area (Å²) in [6, 6.07) is 0. The predicted molar refractivity (Wildman–Crippen MR) is 26.9 cm³/mol. The Hall–Kier alpha value is -0.880. The van der Waals surface area contributed by atoms with Gasteiger partial charge in [0.2, 0.25) is 0 Å². The van der Waals surface area contributed by atoms with Gasteiger partial charge in [-0.2, -0.15) is 0 Å². The highest BCUT2D eigenvalue weighted by atomic mass is 16.6. The fourth-order valence-electron chi connectivity index (χ4n) is 0.182. The zero-order chi connectivity index (χ0) is 5.70. The van der Waals surface area contributed by atoms with Crippen molar-refractivity contribution in [2.24, 2.45) is 0 Å². The molecule has 0 aromatic carbocycles. The molecule has 0 fully saturated rings. The molecule has 0 saturated heterocycles. The molecule has 0 bridgehead atoms. The van der Waals surface area contributed by atoms with Gasteiger partial charge in [-0.15, -0.1) is 0 Å². The molecule has 1 N–H and O–H groups in total. The average molecular weight is 100 g/mol. The van der Waals surface area contributed by atoms with Crippen LogP contribution >= 0.6 is 0 Å². The normalized spacial score (nSPS) is 6.57. The van der Waals surface area contributed by atoms with Crippen molar-refractivity contribution in [2.45, 2.75) is 6.92 Å². The number of rotatable bonds is 1. The summed E-state index contributed by atoms with van der Waals surface area (Å²) in [6.07, 6.45) is 1.57. The summed E-state index contributed by atoms with van der Waals surface area (Å²) in [7, 11) is 1.38. The van der Waals surface area contributed by atoms with Gasteiger partial charge in [-0.25, -0.2) is 0 Å². The zero-order valence-corrected chi connectivity index (χ0v) is 4.43. The first-order chi connectivity index (χ1) is 3.31. The van der Waals surface area contributed by atoms with E-state index in [2.05, 4.69) is 10.5 Å². The molecule has 0 unspecified atom stereocenters. The first kappa shape index (κ1) is 6.12. The fraction of sp³-hybridized carbons (Fsp3) is 0.400. The van der Waals surface area contributed by atoms with E-state index in [9.17, 15) is 0 Å². The van der Waals surface area contributed by atoms with Gasteiger partial charge in [-0.3, -0.25) is 0 Å². The third-order valence-electron chi connectivity index (χ3n) is 0.461. The van der Waals surface area contributed by atoms with E-state index < -0.39 is 0 Å². The molecule has 0 aliphatic carbocycles. The molecule has 0 aromatic heterocycles. The lowest BCUT2D eigenvalue weighted by atomic mass is 10.7. The Morgan fingerprint density at radius 3 is 2.57 bits per heavy atom. The lowest BCUT2D eigenvalue weighted by molar-refractivity contribution is 0.137. The molecule has 0 heterocycles. The molecule has 0 saturated carbocycles. The van der Waals surface area contributed by atoms with Crippen LogP contribution in [0.4, 0.5) is 0 Å². The first-order valence-corrected chi connectivity index (χ1v) is 1.95. The maximum absolute atomic E-state index is 8.41. The average Bonchev–Trinajstić information content (AvgIpc) is 1.68. The lowest BCUT2D eigenvalue weighted by Crippen LogP contribution is -1.77. The van der Waals surface area contributed by atoms with Gasteiger partial charge in [0.25, 0.3) is 0 Å². The van der Waals surface area contributed by atoms with E-state index in [1.165, 1.54) is 7.11 Å². The van der Waals surface area contributed by atoms with Crippen LogP contribution in [0.5, 0.6) is 0 Å². The van der Waals surface area contributed by atoms with Gasteiger partial charge in [0.05, 0.1) is 7.11 Å². The number of hydrogen-bond donors (Lipinski definition) is 1. The van der Waals surface area contributed by atoms with Crippen LogP contribution in [0.15, 0.2) is 17.8 Å². The van der Waals surface area contributed by atoms with Crippen molar-refractivity contribution in [3.05, 3.63) is 17.8 Å². The minimum Gasteiger partial charge on any atom is -0.475 e. The molecular formula is C5H8O2. The van der Waals surface area contributed by atoms with Gasteiger partial charge in [-0.1, -0.05) is 0 Å². The minimum atomic E-state index is -0.178. The maximum atomic E-state index is 8.41. The van der Waals surface area contributed by atoms with Gasteiger partial charge in [0, 0.05) is 0 Å². The number of ether oxygens (including phenoxy) is 1. The Bertz CT molecular complexity index is 98.6. The summed E-state index contributed by atoms with van der Waals surface area (Å²) in [5, 5.41) is 8.41. The largest absolute Gasteiger partial charge is 0.475 e. The van der Waals surface area contributed by atoms with E-state index >= 15 is 0 Å². The molecule has 0 rings (SSSR count). The maximum Gasteiger partial charge on any atom is 0.324 e. The molecule has 40 valence electrons. The second kappa shape index (κ2) is 3.32. The van der Waals surface area contributed by atoms with Crippen molar-refractivity contribution >= 4 is 0 Å².